The van der Waals surface area contributed by atoms with Crippen molar-refractivity contribution in [3.05, 3.63) is 64.7 Å². The van der Waals surface area contributed by atoms with Crippen LogP contribution in [0.3, 0.4) is 0 Å². The minimum absolute atomic E-state index is 0.922. The zero-order valence-corrected chi connectivity index (χ0v) is 12.1. The molecule has 104 valence electrons. The molecule has 0 saturated carbocycles. The second-order valence-corrected chi connectivity index (χ2v) is 5.40. The number of nitrogens with one attached hydrogen (secondary N) is 2. The van der Waals surface area contributed by atoms with Crippen LogP contribution in [-0.4, -0.2) is 6.54 Å². The Balaban J connectivity index is 1.58. The second kappa shape index (κ2) is 6.10. The molecule has 2 N–H and O–H groups in total. The molecule has 2 heteroatoms. The fourth-order valence-corrected chi connectivity index (χ4v) is 2.79. The minimum Gasteiger partial charge on any atom is -0.384 e. The Hall–Kier alpha value is -1.80. The maximum atomic E-state index is 3.55. The minimum atomic E-state index is 0.922. The predicted octanol–water partition coefficient (Wildman–Crippen LogP) is 3.51. The highest BCUT2D eigenvalue weighted by Crippen LogP contribution is 2.26. The Bertz CT molecular complexity index is 572. The van der Waals surface area contributed by atoms with Gasteiger partial charge in [0.1, 0.15) is 0 Å². The van der Waals surface area contributed by atoms with Crippen molar-refractivity contribution in [2.45, 2.75) is 32.9 Å². The van der Waals surface area contributed by atoms with Gasteiger partial charge in [0, 0.05) is 25.3 Å². The lowest BCUT2D eigenvalue weighted by atomic mass is 10.1. The first-order valence-electron chi connectivity index (χ1n) is 7.50. The van der Waals surface area contributed by atoms with E-state index in [1.54, 1.807) is 0 Å². The zero-order chi connectivity index (χ0) is 13.8. The van der Waals surface area contributed by atoms with E-state index < -0.39 is 0 Å². The van der Waals surface area contributed by atoms with E-state index in [4.69, 9.17) is 0 Å². The highest BCUT2D eigenvalue weighted by molar-refractivity contribution is 5.61. The molecule has 2 aromatic carbocycles. The number of anilines is 1. The number of fused-ring (bicyclic) bond motifs is 1. The maximum Gasteiger partial charge on any atom is 0.0419 e. The molecule has 0 amide bonds. The quantitative estimate of drug-likeness (QED) is 0.865. The van der Waals surface area contributed by atoms with Crippen molar-refractivity contribution < 1.29 is 0 Å². The van der Waals surface area contributed by atoms with Crippen LogP contribution in [0, 0.1) is 0 Å². The molecule has 0 saturated heterocycles. The van der Waals surface area contributed by atoms with E-state index in [0.717, 1.165) is 32.5 Å². The van der Waals surface area contributed by atoms with Gasteiger partial charge in [-0.15, -0.1) is 0 Å². The van der Waals surface area contributed by atoms with Crippen LogP contribution in [0.5, 0.6) is 0 Å². The SMILES string of the molecule is CCc1ccc(CNCc2cccc3c2NCC3)cc1. The van der Waals surface area contributed by atoms with Crippen LogP contribution < -0.4 is 10.6 Å². The third kappa shape index (κ3) is 2.86. The molecule has 0 fully saturated rings. The number of para-hydroxylation sites is 1. The van der Waals surface area contributed by atoms with E-state index in [2.05, 4.69) is 60.0 Å². The van der Waals surface area contributed by atoms with Crippen LogP contribution in [0.1, 0.15) is 29.2 Å². The predicted molar refractivity (Wildman–Crippen MR) is 85.0 cm³/mol. The first-order valence-corrected chi connectivity index (χ1v) is 7.50. The van der Waals surface area contributed by atoms with Gasteiger partial charge in [0.15, 0.2) is 0 Å². The summed E-state index contributed by atoms with van der Waals surface area (Å²) >= 11 is 0. The van der Waals surface area contributed by atoms with E-state index in [1.807, 2.05) is 0 Å². The number of hydrogen-bond donors (Lipinski definition) is 2. The lowest BCUT2D eigenvalue weighted by molar-refractivity contribution is 0.694. The van der Waals surface area contributed by atoms with Crippen LogP contribution in [0.15, 0.2) is 42.5 Å². The van der Waals surface area contributed by atoms with Crippen molar-refractivity contribution in [3.63, 3.8) is 0 Å². The Labute approximate surface area is 121 Å². The van der Waals surface area contributed by atoms with E-state index in [0.29, 0.717) is 0 Å². The fourth-order valence-electron chi connectivity index (χ4n) is 2.79. The van der Waals surface area contributed by atoms with Gasteiger partial charge in [-0.2, -0.15) is 0 Å². The Kier molecular flexibility index (Phi) is 4.03. The number of rotatable bonds is 5. The van der Waals surface area contributed by atoms with Crippen LogP contribution in [0.2, 0.25) is 0 Å². The molecule has 0 radical (unpaired) electrons. The van der Waals surface area contributed by atoms with E-state index in [-0.39, 0.29) is 0 Å². The molecule has 0 aromatic heterocycles. The van der Waals surface area contributed by atoms with Gasteiger partial charge in [-0.05, 0) is 35.1 Å². The molecule has 1 aliphatic rings. The van der Waals surface area contributed by atoms with Gasteiger partial charge in [0.25, 0.3) is 0 Å². The maximum absolute atomic E-state index is 3.55. The summed E-state index contributed by atoms with van der Waals surface area (Å²) in [5.74, 6) is 0. The van der Waals surface area contributed by atoms with Gasteiger partial charge in [-0.25, -0.2) is 0 Å². The molecule has 0 unspecified atom stereocenters. The Morgan fingerprint density at radius 3 is 2.60 bits per heavy atom. The molecule has 20 heavy (non-hydrogen) atoms. The molecule has 0 bridgehead atoms. The molecule has 2 nitrogen and oxygen atoms in total. The Morgan fingerprint density at radius 1 is 1.00 bits per heavy atom. The molecule has 1 heterocycles. The van der Waals surface area contributed by atoms with Gasteiger partial charge in [0.2, 0.25) is 0 Å². The topological polar surface area (TPSA) is 24.1 Å². The normalized spacial score (nSPS) is 13.1. The van der Waals surface area contributed by atoms with E-state index >= 15 is 0 Å². The van der Waals surface area contributed by atoms with Gasteiger partial charge in [-0.1, -0.05) is 49.4 Å². The summed E-state index contributed by atoms with van der Waals surface area (Å²) in [6, 6.07) is 15.5. The van der Waals surface area contributed by atoms with Crippen LogP contribution in [0.4, 0.5) is 5.69 Å². The lowest BCUT2D eigenvalue weighted by Crippen LogP contribution is -2.13. The summed E-state index contributed by atoms with van der Waals surface area (Å²) in [5.41, 5.74) is 6.93. The standard InChI is InChI=1S/C18H22N2/c1-2-14-6-8-15(9-7-14)12-19-13-17-5-3-4-16-10-11-20-18(16)17/h3-9,19-20H,2,10-13H2,1H3. The zero-order valence-electron chi connectivity index (χ0n) is 12.1. The van der Waals surface area contributed by atoms with Crippen molar-refractivity contribution in [1.29, 1.82) is 0 Å². The van der Waals surface area contributed by atoms with Crippen LogP contribution >= 0.6 is 0 Å². The fraction of sp³-hybridized carbons (Fsp3) is 0.333. The molecule has 0 aliphatic carbocycles. The number of aryl methyl sites for hydroxylation is 1. The van der Waals surface area contributed by atoms with Gasteiger partial charge in [-0.3, -0.25) is 0 Å². The van der Waals surface area contributed by atoms with Crippen LogP contribution in [-0.2, 0) is 25.9 Å². The molecule has 3 rings (SSSR count). The highest BCUT2D eigenvalue weighted by Gasteiger charge is 2.12. The van der Waals surface area contributed by atoms with Crippen molar-refractivity contribution in [3.8, 4) is 0 Å². The monoisotopic (exact) mass is 266 g/mol. The lowest BCUT2D eigenvalue weighted by Gasteiger charge is -2.10. The summed E-state index contributed by atoms with van der Waals surface area (Å²) in [6.45, 7) is 5.11. The van der Waals surface area contributed by atoms with E-state index in [1.165, 1.54) is 27.9 Å². The van der Waals surface area contributed by atoms with Crippen molar-refractivity contribution in [1.82, 2.24) is 5.32 Å². The average Bonchev–Trinajstić information content (AvgIpc) is 2.97. The molecule has 2 aromatic rings. The number of hydrogen-bond acceptors (Lipinski definition) is 2. The van der Waals surface area contributed by atoms with Gasteiger partial charge < -0.3 is 10.6 Å². The van der Waals surface area contributed by atoms with Crippen molar-refractivity contribution >= 4 is 5.69 Å². The first-order chi connectivity index (χ1) is 9.86. The highest BCUT2D eigenvalue weighted by atomic mass is 14.9. The summed E-state index contributed by atoms with van der Waals surface area (Å²) in [6.07, 6.45) is 2.26. The smallest absolute Gasteiger partial charge is 0.0419 e. The molecular weight excluding hydrogens is 244 g/mol. The van der Waals surface area contributed by atoms with Crippen LogP contribution in [0.25, 0.3) is 0 Å². The van der Waals surface area contributed by atoms with Crippen molar-refractivity contribution in [2.24, 2.45) is 0 Å². The Morgan fingerprint density at radius 2 is 1.80 bits per heavy atom. The summed E-state index contributed by atoms with van der Waals surface area (Å²) in [5, 5.41) is 7.04. The summed E-state index contributed by atoms with van der Waals surface area (Å²) in [4.78, 5) is 0. The largest absolute Gasteiger partial charge is 0.384 e. The molecule has 0 atom stereocenters. The third-order valence-electron chi connectivity index (χ3n) is 4.01. The van der Waals surface area contributed by atoms with E-state index in [9.17, 15) is 0 Å². The first kappa shape index (κ1) is 13.2. The average molecular weight is 266 g/mol. The van der Waals surface area contributed by atoms with Crippen molar-refractivity contribution in [2.75, 3.05) is 11.9 Å². The number of benzene rings is 2. The van der Waals surface area contributed by atoms with Gasteiger partial charge in [0.05, 0.1) is 0 Å². The summed E-state index contributed by atoms with van der Waals surface area (Å²) < 4.78 is 0. The molecule has 0 spiro atoms. The summed E-state index contributed by atoms with van der Waals surface area (Å²) in [7, 11) is 0. The second-order valence-electron chi connectivity index (χ2n) is 5.40. The molecular formula is C18H22N2. The molecule has 1 aliphatic heterocycles. The third-order valence-corrected chi connectivity index (χ3v) is 4.01. The van der Waals surface area contributed by atoms with Gasteiger partial charge >= 0.3 is 0 Å².